The molecule has 0 aliphatic carbocycles. The molecule has 0 saturated heterocycles. The number of anilines is 1. The summed E-state index contributed by atoms with van der Waals surface area (Å²) in [5.74, 6) is 0.215. The number of rotatable bonds is 4. The van der Waals surface area contributed by atoms with E-state index < -0.39 is 0 Å². The average Bonchev–Trinajstić information content (AvgIpc) is 2.45. The third-order valence-corrected chi connectivity index (χ3v) is 2.94. The van der Waals surface area contributed by atoms with Crippen LogP contribution in [0.1, 0.15) is 28.4 Å². The zero-order valence-electron chi connectivity index (χ0n) is 11.1. The van der Waals surface area contributed by atoms with Crippen molar-refractivity contribution in [3.05, 3.63) is 59.2 Å². The maximum Gasteiger partial charge on any atom is 0.161 e. The first-order valence-corrected chi connectivity index (χ1v) is 6.13. The van der Waals surface area contributed by atoms with Crippen LogP contribution in [0.3, 0.4) is 0 Å². The van der Waals surface area contributed by atoms with Crippen LogP contribution in [-0.2, 0) is 6.61 Å². The van der Waals surface area contributed by atoms with Crippen molar-refractivity contribution in [2.75, 3.05) is 5.73 Å². The van der Waals surface area contributed by atoms with Crippen LogP contribution in [0.15, 0.2) is 42.5 Å². The molecule has 0 amide bonds. The molecular weight excluding hydrogens is 252 g/mol. The van der Waals surface area contributed by atoms with Crippen LogP contribution in [0.4, 0.5) is 5.69 Å². The summed E-state index contributed by atoms with van der Waals surface area (Å²) in [6.45, 7) is 1.76. The zero-order valence-corrected chi connectivity index (χ0v) is 11.1. The van der Waals surface area contributed by atoms with E-state index in [4.69, 9.17) is 10.5 Å². The summed E-state index contributed by atoms with van der Waals surface area (Å²) >= 11 is 0. The second-order valence-electron chi connectivity index (χ2n) is 4.34. The van der Waals surface area contributed by atoms with Gasteiger partial charge in [-0.15, -0.1) is 0 Å². The summed E-state index contributed by atoms with van der Waals surface area (Å²) < 4.78 is 5.62. The fourth-order valence-corrected chi connectivity index (χ4v) is 1.88. The van der Waals surface area contributed by atoms with E-state index in [0.29, 0.717) is 17.9 Å². The van der Waals surface area contributed by atoms with Crippen LogP contribution in [-0.4, -0.2) is 5.78 Å². The third-order valence-electron chi connectivity index (χ3n) is 2.94. The molecule has 2 aromatic rings. The molecule has 0 aliphatic heterocycles. The van der Waals surface area contributed by atoms with Gasteiger partial charge in [0, 0.05) is 5.56 Å². The minimum Gasteiger partial charge on any atom is -0.487 e. The quantitative estimate of drug-likeness (QED) is 0.682. The molecule has 0 fully saturated rings. The number of carbonyl (C=O) groups is 1. The molecule has 2 N–H and O–H groups in total. The summed E-state index contributed by atoms with van der Waals surface area (Å²) in [6.07, 6.45) is 0. The summed E-state index contributed by atoms with van der Waals surface area (Å²) in [5, 5.41) is 9.18. The number of ether oxygens (including phenoxy) is 1. The molecule has 0 saturated carbocycles. The van der Waals surface area contributed by atoms with Crippen LogP contribution >= 0.6 is 0 Å². The van der Waals surface area contributed by atoms with Crippen molar-refractivity contribution in [1.29, 1.82) is 5.26 Å². The second kappa shape index (κ2) is 5.89. The number of carbonyl (C=O) groups excluding carboxylic acids is 1. The van der Waals surface area contributed by atoms with E-state index in [9.17, 15) is 10.1 Å². The van der Waals surface area contributed by atoms with Gasteiger partial charge in [0.2, 0.25) is 0 Å². The Morgan fingerprint density at radius 2 is 1.95 bits per heavy atom. The number of nitrogens with zero attached hydrogens (tertiary/aromatic N) is 1. The van der Waals surface area contributed by atoms with E-state index >= 15 is 0 Å². The van der Waals surface area contributed by atoms with Crippen LogP contribution in [0.2, 0.25) is 0 Å². The normalized spacial score (nSPS) is 9.80. The van der Waals surface area contributed by atoms with Crippen LogP contribution < -0.4 is 10.5 Å². The van der Waals surface area contributed by atoms with Gasteiger partial charge in [-0.3, -0.25) is 4.79 Å². The Hall–Kier alpha value is -2.80. The molecule has 2 rings (SSSR count). The van der Waals surface area contributed by atoms with Gasteiger partial charge in [-0.05, 0) is 24.6 Å². The number of hydrogen-bond acceptors (Lipinski definition) is 4. The summed E-state index contributed by atoms with van der Waals surface area (Å²) in [4.78, 5) is 11.4. The van der Waals surface area contributed by atoms with Gasteiger partial charge in [0.1, 0.15) is 24.0 Å². The minimum atomic E-state index is -0.173. The maximum atomic E-state index is 11.4. The van der Waals surface area contributed by atoms with E-state index in [1.165, 1.54) is 6.92 Å². The zero-order chi connectivity index (χ0) is 14.5. The Labute approximate surface area is 117 Å². The SMILES string of the molecule is CC(=O)c1ccc(OCc2ccccc2)c(C#N)c1N. The lowest BCUT2D eigenvalue weighted by molar-refractivity contribution is 0.101. The van der Waals surface area contributed by atoms with Crippen molar-refractivity contribution in [1.82, 2.24) is 0 Å². The molecule has 100 valence electrons. The van der Waals surface area contributed by atoms with E-state index in [2.05, 4.69) is 0 Å². The number of Topliss-reactive ketones (excluding diaryl/α,β-unsaturated/α-hetero) is 1. The predicted molar refractivity (Wildman–Crippen MR) is 76.3 cm³/mol. The standard InChI is InChI=1S/C16H14N2O2/c1-11(19)13-7-8-15(14(9-17)16(13)18)20-10-12-5-3-2-4-6-12/h2-8H,10,18H2,1H3. The first kappa shape index (κ1) is 13.6. The Bertz CT molecular complexity index is 673. The van der Waals surface area contributed by atoms with Gasteiger partial charge in [-0.2, -0.15) is 5.26 Å². The molecular formula is C16H14N2O2. The molecule has 2 aromatic carbocycles. The molecule has 0 unspecified atom stereocenters. The summed E-state index contributed by atoms with van der Waals surface area (Å²) in [6, 6.07) is 14.8. The monoisotopic (exact) mass is 266 g/mol. The minimum absolute atomic E-state index is 0.172. The van der Waals surface area contributed by atoms with Crippen molar-refractivity contribution in [3.63, 3.8) is 0 Å². The van der Waals surface area contributed by atoms with Crippen molar-refractivity contribution in [2.45, 2.75) is 13.5 Å². The lowest BCUT2D eigenvalue weighted by Gasteiger charge is -2.11. The highest BCUT2D eigenvalue weighted by atomic mass is 16.5. The van der Waals surface area contributed by atoms with Gasteiger partial charge in [-0.25, -0.2) is 0 Å². The van der Waals surface area contributed by atoms with Crippen LogP contribution in [0.5, 0.6) is 5.75 Å². The van der Waals surface area contributed by atoms with Crippen molar-refractivity contribution in [3.8, 4) is 11.8 Å². The van der Waals surface area contributed by atoms with Gasteiger partial charge in [0.15, 0.2) is 5.78 Å². The Kier molecular flexibility index (Phi) is 4.02. The number of nitrogen functional groups attached to an aromatic ring is 1. The predicted octanol–water partition coefficient (Wildman–Crippen LogP) is 2.92. The maximum absolute atomic E-state index is 11.4. The summed E-state index contributed by atoms with van der Waals surface area (Å²) in [7, 11) is 0. The summed E-state index contributed by atoms with van der Waals surface area (Å²) in [5.41, 5.74) is 7.55. The average molecular weight is 266 g/mol. The van der Waals surface area contributed by atoms with Gasteiger partial charge in [-0.1, -0.05) is 30.3 Å². The number of ketones is 1. The first-order valence-electron chi connectivity index (χ1n) is 6.13. The van der Waals surface area contributed by atoms with Crippen molar-refractivity contribution >= 4 is 11.5 Å². The smallest absolute Gasteiger partial charge is 0.161 e. The van der Waals surface area contributed by atoms with Crippen LogP contribution in [0, 0.1) is 11.3 Å². The van der Waals surface area contributed by atoms with Gasteiger partial charge in [0.25, 0.3) is 0 Å². The van der Waals surface area contributed by atoms with E-state index in [0.717, 1.165) is 5.56 Å². The number of benzene rings is 2. The number of nitriles is 1. The fraction of sp³-hybridized carbons (Fsp3) is 0.125. The molecule has 0 radical (unpaired) electrons. The molecule has 0 atom stereocenters. The number of nitrogens with two attached hydrogens (primary N) is 1. The van der Waals surface area contributed by atoms with Crippen LogP contribution in [0.25, 0.3) is 0 Å². The number of hydrogen-bond donors (Lipinski definition) is 1. The molecule has 0 aromatic heterocycles. The lowest BCUT2D eigenvalue weighted by atomic mass is 10.0. The highest BCUT2D eigenvalue weighted by molar-refractivity contribution is 6.00. The molecule has 0 aliphatic rings. The van der Waals surface area contributed by atoms with E-state index in [1.54, 1.807) is 12.1 Å². The second-order valence-corrected chi connectivity index (χ2v) is 4.34. The molecule has 4 nitrogen and oxygen atoms in total. The lowest BCUT2D eigenvalue weighted by Crippen LogP contribution is -2.05. The molecule has 0 bridgehead atoms. The van der Waals surface area contributed by atoms with E-state index in [1.807, 2.05) is 36.4 Å². The Balaban J connectivity index is 2.27. The van der Waals surface area contributed by atoms with Crippen molar-refractivity contribution < 1.29 is 9.53 Å². The largest absolute Gasteiger partial charge is 0.487 e. The molecule has 0 spiro atoms. The Morgan fingerprint density at radius 3 is 2.55 bits per heavy atom. The van der Waals surface area contributed by atoms with Gasteiger partial charge < -0.3 is 10.5 Å². The fourth-order valence-electron chi connectivity index (χ4n) is 1.88. The third kappa shape index (κ3) is 2.78. The topological polar surface area (TPSA) is 76.1 Å². The highest BCUT2D eigenvalue weighted by Crippen LogP contribution is 2.28. The van der Waals surface area contributed by atoms with E-state index in [-0.39, 0.29) is 17.0 Å². The Morgan fingerprint density at radius 1 is 1.25 bits per heavy atom. The molecule has 0 heterocycles. The van der Waals surface area contributed by atoms with Crippen molar-refractivity contribution in [2.24, 2.45) is 0 Å². The first-order chi connectivity index (χ1) is 9.63. The molecule has 20 heavy (non-hydrogen) atoms. The highest BCUT2D eigenvalue weighted by Gasteiger charge is 2.14. The molecule has 4 heteroatoms. The van der Waals surface area contributed by atoms with Gasteiger partial charge >= 0.3 is 0 Å². The van der Waals surface area contributed by atoms with Gasteiger partial charge in [0.05, 0.1) is 5.69 Å².